The Morgan fingerprint density at radius 3 is 2.55 bits per heavy atom. The van der Waals surface area contributed by atoms with Crippen molar-refractivity contribution in [3.8, 4) is 11.4 Å². The number of H-pyrrole nitrogens is 1. The second-order valence-electron chi connectivity index (χ2n) is 7.45. The van der Waals surface area contributed by atoms with Crippen LogP contribution in [0.4, 0.5) is 0 Å². The summed E-state index contributed by atoms with van der Waals surface area (Å²) in [5, 5.41) is 12.9. The third-order valence-electron chi connectivity index (χ3n) is 4.98. The average Bonchev–Trinajstić information content (AvgIpc) is 2.79. The zero-order valence-corrected chi connectivity index (χ0v) is 19.8. The third-order valence-corrected chi connectivity index (χ3v) is 7.26. The normalized spacial score (nSPS) is 11.6. The van der Waals surface area contributed by atoms with Gasteiger partial charge in [0.1, 0.15) is 11.5 Å². The molecule has 174 valence electrons. The van der Waals surface area contributed by atoms with E-state index in [0.717, 1.165) is 15.4 Å². The third kappa shape index (κ3) is 5.14. The minimum absolute atomic E-state index is 0.0875. The van der Waals surface area contributed by atoms with Gasteiger partial charge in [-0.25, -0.2) is 17.7 Å². The van der Waals surface area contributed by atoms with Gasteiger partial charge in [0.15, 0.2) is 0 Å². The number of aromatic amines is 1. The number of hydrogen-bond donors (Lipinski definition) is 3. The fourth-order valence-electron chi connectivity index (χ4n) is 3.06. The monoisotopic (exact) mass is 490 g/mol. The zero-order chi connectivity index (χ0) is 24.3. The van der Waals surface area contributed by atoms with E-state index in [9.17, 15) is 23.1 Å². The number of hydrogen-bond acceptors (Lipinski definition) is 6. The lowest BCUT2D eigenvalue weighted by atomic mass is 10.1. The maximum Gasteiger partial charge on any atom is 0.270 e. The summed E-state index contributed by atoms with van der Waals surface area (Å²) in [7, 11) is -1.10. The Morgan fingerprint density at radius 2 is 1.91 bits per heavy atom. The molecule has 2 aromatic carbocycles. The van der Waals surface area contributed by atoms with Crippen LogP contribution in [0, 0.1) is 6.92 Å². The molecular formula is C22H23ClN4O5S. The quantitative estimate of drug-likeness (QED) is 0.464. The average molecular weight is 491 g/mol. The van der Waals surface area contributed by atoms with Crippen molar-refractivity contribution in [2.75, 3.05) is 14.1 Å². The van der Waals surface area contributed by atoms with Crippen molar-refractivity contribution in [2.24, 2.45) is 0 Å². The molecule has 3 rings (SSSR count). The molecule has 0 aliphatic rings. The van der Waals surface area contributed by atoms with Gasteiger partial charge >= 0.3 is 0 Å². The summed E-state index contributed by atoms with van der Waals surface area (Å²) in [6.07, 6.45) is 0. The SMILES string of the molecule is Cc1ccc(CNC(=O)c2nc(-c3ccccc3S(=O)(=O)N(C)C)[nH]c(=O)c2CO)cc1Cl. The van der Waals surface area contributed by atoms with E-state index >= 15 is 0 Å². The van der Waals surface area contributed by atoms with E-state index in [-0.39, 0.29) is 34.1 Å². The van der Waals surface area contributed by atoms with E-state index in [2.05, 4.69) is 15.3 Å². The number of nitrogens with one attached hydrogen (secondary N) is 2. The highest BCUT2D eigenvalue weighted by atomic mass is 35.5. The van der Waals surface area contributed by atoms with Crippen molar-refractivity contribution in [1.29, 1.82) is 0 Å². The van der Waals surface area contributed by atoms with Crippen LogP contribution in [0.2, 0.25) is 5.02 Å². The number of aliphatic hydroxyl groups is 1. The Kier molecular flexibility index (Phi) is 7.33. The van der Waals surface area contributed by atoms with Gasteiger partial charge in [0, 0.05) is 31.2 Å². The van der Waals surface area contributed by atoms with Gasteiger partial charge in [0.25, 0.3) is 11.5 Å². The number of sulfonamides is 1. The summed E-state index contributed by atoms with van der Waals surface area (Å²) >= 11 is 6.12. The number of aromatic nitrogens is 2. The number of benzene rings is 2. The van der Waals surface area contributed by atoms with E-state index in [1.807, 2.05) is 13.0 Å². The molecule has 11 heteroatoms. The molecule has 1 heterocycles. The number of rotatable bonds is 7. The minimum Gasteiger partial charge on any atom is -0.391 e. The lowest BCUT2D eigenvalue weighted by molar-refractivity contribution is 0.0942. The van der Waals surface area contributed by atoms with Crippen molar-refractivity contribution in [2.45, 2.75) is 25.0 Å². The number of aliphatic hydroxyl groups excluding tert-OH is 1. The van der Waals surface area contributed by atoms with Crippen molar-refractivity contribution in [1.82, 2.24) is 19.6 Å². The number of carbonyl (C=O) groups is 1. The maximum atomic E-state index is 12.9. The fourth-order valence-corrected chi connectivity index (χ4v) is 4.35. The van der Waals surface area contributed by atoms with E-state index < -0.39 is 28.1 Å². The van der Waals surface area contributed by atoms with Crippen molar-refractivity contribution in [3.05, 3.63) is 80.2 Å². The number of carbonyl (C=O) groups excluding carboxylic acids is 1. The molecule has 1 aromatic heterocycles. The number of nitrogens with zero attached hydrogens (tertiary/aromatic N) is 2. The Balaban J connectivity index is 2.04. The molecule has 0 fully saturated rings. The first-order valence-corrected chi connectivity index (χ1v) is 11.7. The van der Waals surface area contributed by atoms with Gasteiger partial charge in [-0.2, -0.15) is 0 Å². The molecule has 0 aliphatic carbocycles. The van der Waals surface area contributed by atoms with Crippen LogP contribution in [0.1, 0.15) is 27.2 Å². The molecule has 0 atom stereocenters. The van der Waals surface area contributed by atoms with E-state index in [1.165, 1.54) is 26.2 Å². The van der Waals surface area contributed by atoms with Crippen LogP contribution in [-0.2, 0) is 23.2 Å². The smallest absolute Gasteiger partial charge is 0.270 e. The Bertz CT molecular complexity index is 1370. The Morgan fingerprint density at radius 1 is 1.21 bits per heavy atom. The number of aryl methyl sites for hydroxylation is 1. The standard InChI is InChI=1S/C22H23ClN4O5S/c1-13-8-9-14(10-17(13)23)11-24-22(30)19-16(12-28)21(29)26-20(25-19)15-6-4-5-7-18(15)33(31,32)27(2)3/h4-10,28H,11-12H2,1-3H3,(H,24,30)(H,25,26,29). The van der Waals surface area contributed by atoms with Crippen molar-refractivity contribution >= 4 is 27.5 Å². The van der Waals surface area contributed by atoms with Crippen LogP contribution in [0.25, 0.3) is 11.4 Å². The molecular weight excluding hydrogens is 468 g/mol. The van der Waals surface area contributed by atoms with Gasteiger partial charge < -0.3 is 15.4 Å². The first-order valence-electron chi connectivity index (χ1n) is 9.85. The number of amides is 1. The molecule has 0 unspecified atom stereocenters. The summed E-state index contributed by atoms with van der Waals surface area (Å²) < 4.78 is 26.5. The lowest BCUT2D eigenvalue weighted by Crippen LogP contribution is -2.30. The Labute approximate surface area is 196 Å². The molecule has 0 aliphatic heterocycles. The van der Waals surface area contributed by atoms with Crippen LogP contribution < -0.4 is 10.9 Å². The van der Waals surface area contributed by atoms with Crippen molar-refractivity contribution in [3.63, 3.8) is 0 Å². The van der Waals surface area contributed by atoms with Crippen LogP contribution >= 0.6 is 11.6 Å². The molecule has 0 radical (unpaired) electrons. The highest BCUT2D eigenvalue weighted by molar-refractivity contribution is 7.89. The predicted octanol–water partition coefficient (Wildman–Crippen LogP) is 2.07. The van der Waals surface area contributed by atoms with Crippen molar-refractivity contribution < 1.29 is 18.3 Å². The van der Waals surface area contributed by atoms with Crippen LogP contribution in [0.15, 0.2) is 52.2 Å². The molecule has 3 N–H and O–H groups in total. The summed E-state index contributed by atoms with van der Waals surface area (Å²) in [5.74, 6) is -0.808. The molecule has 3 aromatic rings. The first-order chi connectivity index (χ1) is 15.6. The number of halogens is 1. The largest absolute Gasteiger partial charge is 0.391 e. The van der Waals surface area contributed by atoms with Gasteiger partial charge in [-0.1, -0.05) is 35.9 Å². The van der Waals surface area contributed by atoms with Gasteiger partial charge in [-0.05, 0) is 36.2 Å². The van der Waals surface area contributed by atoms with E-state index in [4.69, 9.17) is 11.6 Å². The second kappa shape index (κ2) is 9.84. The Hall–Kier alpha value is -3.05. The highest BCUT2D eigenvalue weighted by Crippen LogP contribution is 2.26. The highest BCUT2D eigenvalue weighted by Gasteiger charge is 2.25. The maximum absolute atomic E-state index is 12.9. The van der Waals surface area contributed by atoms with Crippen LogP contribution in [0.3, 0.4) is 0 Å². The molecule has 1 amide bonds. The van der Waals surface area contributed by atoms with Crippen LogP contribution in [-0.4, -0.2) is 47.8 Å². The minimum atomic E-state index is -3.86. The summed E-state index contributed by atoms with van der Waals surface area (Å²) in [4.78, 5) is 32.1. The fraction of sp³-hybridized carbons (Fsp3) is 0.227. The van der Waals surface area contributed by atoms with Gasteiger partial charge in [-0.3, -0.25) is 9.59 Å². The van der Waals surface area contributed by atoms with Gasteiger partial charge in [-0.15, -0.1) is 0 Å². The summed E-state index contributed by atoms with van der Waals surface area (Å²) in [6.45, 7) is 1.24. The lowest BCUT2D eigenvalue weighted by Gasteiger charge is -2.15. The summed E-state index contributed by atoms with van der Waals surface area (Å²) in [5.41, 5.74) is 0.464. The molecule has 0 saturated heterocycles. The molecule has 9 nitrogen and oxygen atoms in total. The first kappa shape index (κ1) is 24.6. The summed E-state index contributed by atoms with van der Waals surface area (Å²) in [6, 6.07) is 11.3. The van der Waals surface area contributed by atoms with Crippen LogP contribution in [0.5, 0.6) is 0 Å². The zero-order valence-electron chi connectivity index (χ0n) is 18.2. The second-order valence-corrected chi connectivity index (χ2v) is 9.98. The molecule has 0 bridgehead atoms. The molecule has 33 heavy (non-hydrogen) atoms. The molecule has 0 saturated carbocycles. The molecule has 0 spiro atoms. The topological polar surface area (TPSA) is 132 Å². The van der Waals surface area contributed by atoms with Gasteiger partial charge in [0.2, 0.25) is 10.0 Å². The van der Waals surface area contributed by atoms with E-state index in [1.54, 1.807) is 24.3 Å². The predicted molar refractivity (Wildman–Crippen MR) is 124 cm³/mol. The van der Waals surface area contributed by atoms with E-state index in [0.29, 0.717) is 5.02 Å². The van der Waals surface area contributed by atoms with Gasteiger partial charge in [0.05, 0.1) is 17.1 Å².